The van der Waals surface area contributed by atoms with Crippen molar-refractivity contribution in [1.82, 2.24) is 26.2 Å². The van der Waals surface area contributed by atoms with Crippen LogP contribution in [0.25, 0.3) is 0 Å². The third kappa shape index (κ3) is 15.2. The highest BCUT2D eigenvalue weighted by Crippen LogP contribution is 2.30. The molecule has 0 aromatic heterocycles. The Hall–Kier alpha value is -1.79. The van der Waals surface area contributed by atoms with Crippen LogP contribution in [0, 0.1) is 11.8 Å². The number of nitrogens with one attached hydrogen (secondary N) is 4. The zero-order valence-corrected chi connectivity index (χ0v) is 31.6. The Kier molecular flexibility index (Phi) is 21.6. The number of amides is 3. The predicted octanol–water partition coefficient (Wildman–Crippen LogP) is 4.47. The standard InChI is InChI=1S/C35H65N5O6.C3H8/c1-4-6-9-18-26-32(43)36-21-14-8-12-20-29(41)37-27(23-25-16-10-7-11-17-25)31(42)35(46)40-22-15-13-19-28(40)33(44)39-30(24(3)5-2)34(45)38-26;1-3-2/h24-28,30-32,35-36,42-43,46H,4-23H2,1-3H3,(H,37,41)(H,38,45)(H,39,44);3H2,1-2H3. The molecule has 0 radical (unpaired) electrons. The molecule has 8 atom stereocenters. The summed E-state index contributed by atoms with van der Waals surface area (Å²) in [7, 11) is 0. The van der Waals surface area contributed by atoms with Gasteiger partial charge in [0.05, 0.1) is 18.1 Å². The second-order valence-electron chi connectivity index (χ2n) is 15.0. The fourth-order valence-electron chi connectivity index (χ4n) is 7.43. The third-order valence-corrected chi connectivity index (χ3v) is 10.6. The van der Waals surface area contributed by atoms with Crippen molar-refractivity contribution < 1.29 is 29.7 Å². The van der Waals surface area contributed by atoms with Crippen LogP contribution in [0.1, 0.15) is 157 Å². The van der Waals surface area contributed by atoms with Crippen molar-refractivity contribution in [3.63, 3.8) is 0 Å². The molecule has 3 aliphatic rings. The molecule has 1 aliphatic carbocycles. The lowest BCUT2D eigenvalue weighted by atomic mass is 9.83. The van der Waals surface area contributed by atoms with Crippen LogP contribution < -0.4 is 21.3 Å². The summed E-state index contributed by atoms with van der Waals surface area (Å²) in [5.41, 5.74) is 0. The van der Waals surface area contributed by atoms with E-state index in [1.165, 1.54) is 12.8 Å². The Morgan fingerprint density at radius 2 is 1.45 bits per heavy atom. The summed E-state index contributed by atoms with van der Waals surface area (Å²) in [4.78, 5) is 42.4. The van der Waals surface area contributed by atoms with Gasteiger partial charge in [-0.3, -0.25) is 24.6 Å². The van der Waals surface area contributed by atoms with Gasteiger partial charge < -0.3 is 31.3 Å². The van der Waals surface area contributed by atoms with Gasteiger partial charge in [0, 0.05) is 13.0 Å². The minimum absolute atomic E-state index is 0.141. The normalized spacial score (nSPS) is 31.6. The maximum absolute atomic E-state index is 13.9. The number of hydrogen-bond acceptors (Lipinski definition) is 8. The van der Waals surface area contributed by atoms with Crippen LogP contribution >= 0.6 is 0 Å². The zero-order chi connectivity index (χ0) is 36.2. The summed E-state index contributed by atoms with van der Waals surface area (Å²) in [6.07, 6.45) is 12.6. The first kappa shape index (κ1) is 43.4. The Bertz CT molecular complexity index is 934. The van der Waals surface area contributed by atoms with Gasteiger partial charge in [-0.05, 0) is 56.9 Å². The molecule has 0 bridgehead atoms. The highest BCUT2D eigenvalue weighted by Gasteiger charge is 2.41. The van der Waals surface area contributed by atoms with E-state index >= 15 is 0 Å². The SMILES string of the molecule is CCC.CCCCCC1NC(=O)C(C(C)CC)NC(=O)C2CCCCN2C(O)C(O)C(CC2CCCCC2)NC(=O)CCCCCNC1O. The van der Waals surface area contributed by atoms with Crippen molar-refractivity contribution >= 4 is 17.7 Å². The molecule has 1 saturated carbocycles. The Morgan fingerprint density at radius 1 is 0.776 bits per heavy atom. The number of unbranched alkanes of at least 4 members (excludes halogenated alkanes) is 2. The lowest BCUT2D eigenvalue weighted by Crippen LogP contribution is -2.63. The number of carbonyl (C=O) groups excluding carboxylic acids is 3. The Balaban J connectivity index is 0.00000267. The van der Waals surface area contributed by atoms with Crippen LogP contribution in [0.3, 0.4) is 0 Å². The van der Waals surface area contributed by atoms with Crippen LogP contribution in [0.5, 0.6) is 0 Å². The highest BCUT2D eigenvalue weighted by molar-refractivity contribution is 5.90. The van der Waals surface area contributed by atoms with Crippen LogP contribution in [0.15, 0.2) is 0 Å². The minimum atomic E-state index is -1.34. The molecule has 2 aliphatic heterocycles. The number of aliphatic hydroxyl groups excluding tert-OH is 3. The molecular weight excluding hydrogens is 622 g/mol. The number of nitrogens with zero attached hydrogens (tertiary/aromatic N) is 1. The van der Waals surface area contributed by atoms with E-state index in [-0.39, 0.29) is 23.6 Å². The first-order valence-electron chi connectivity index (χ1n) is 20.0. The predicted molar refractivity (Wildman–Crippen MR) is 195 cm³/mol. The van der Waals surface area contributed by atoms with Crippen molar-refractivity contribution in [2.75, 3.05) is 13.1 Å². The van der Waals surface area contributed by atoms with Gasteiger partial charge in [-0.2, -0.15) is 0 Å². The average Bonchev–Trinajstić information content (AvgIpc) is 3.10. The highest BCUT2D eigenvalue weighted by atomic mass is 16.3. The second kappa shape index (κ2) is 24.4. The molecule has 11 nitrogen and oxygen atoms in total. The summed E-state index contributed by atoms with van der Waals surface area (Å²) in [6.45, 7) is 11.2. The molecule has 3 amide bonds. The third-order valence-electron chi connectivity index (χ3n) is 10.6. The zero-order valence-electron chi connectivity index (χ0n) is 31.6. The molecule has 49 heavy (non-hydrogen) atoms. The van der Waals surface area contributed by atoms with Gasteiger partial charge in [0.2, 0.25) is 17.7 Å². The summed E-state index contributed by atoms with van der Waals surface area (Å²) in [6, 6.07) is -2.67. The largest absolute Gasteiger partial charge is 0.387 e. The van der Waals surface area contributed by atoms with E-state index in [4.69, 9.17) is 0 Å². The quantitative estimate of drug-likeness (QED) is 0.183. The molecule has 0 aromatic rings. The van der Waals surface area contributed by atoms with E-state index < -0.39 is 42.7 Å². The van der Waals surface area contributed by atoms with Crippen LogP contribution in [-0.2, 0) is 14.4 Å². The maximum Gasteiger partial charge on any atom is 0.243 e. The Labute approximate surface area is 297 Å². The molecule has 2 heterocycles. The van der Waals surface area contributed by atoms with Crippen molar-refractivity contribution in [2.24, 2.45) is 11.8 Å². The first-order chi connectivity index (χ1) is 23.6. The van der Waals surface area contributed by atoms with Gasteiger partial charge in [0.15, 0.2) is 0 Å². The molecule has 286 valence electrons. The summed E-state index contributed by atoms with van der Waals surface area (Å²) in [5.74, 6) is -0.610. The first-order valence-corrected chi connectivity index (χ1v) is 20.0. The molecular formula is C38H73N5O6. The van der Waals surface area contributed by atoms with Crippen molar-refractivity contribution in [3.8, 4) is 0 Å². The molecule has 7 N–H and O–H groups in total. The fourth-order valence-corrected chi connectivity index (χ4v) is 7.43. The van der Waals surface area contributed by atoms with Crippen molar-refractivity contribution in [3.05, 3.63) is 0 Å². The topological polar surface area (TPSA) is 163 Å². The van der Waals surface area contributed by atoms with E-state index in [1.807, 2.05) is 13.8 Å². The number of fused-ring (bicyclic) bond motifs is 1. The number of rotatable bonds is 8. The molecule has 3 fully saturated rings. The lowest BCUT2D eigenvalue weighted by molar-refractivity contribution is -0.150. The van der Waals surface area contributed by atoms with Crippen LogP contribution in [0.4, 0.5) is 0 Å². The summed E-state index contributed by atoms with van der Waals surface area (Å²) in [5, 5.41) is 46.6. The molecule has 0 aromatic carbocycles. The molecule has 8 unspecified atom stereocenters. The summed E-state index contributed by atoms with van der Waals surface area (Å²) < 4.78 is 0. The van der Waals surface area contributed by atoms with Gasteiger partial charge in [0.1, 0.15) is 24.6 Å². The number of aliphatic hydroxyl groups is 3. The van der Waals surface area contributed by atoms with E-state index in [1.54, 1.807) is 4.90 Å². The average molecular weight is 696 g/mol. The monoisotopic (exact) mass is 696 g/mol. The van der Waals surface area contributed by atoms with E-state index in [0.717, 1.165) is 70.6 Å². The molecule has 2 saturated heterocycles. The van der Waals surface area contributed by atoms with Crippen molar-refractivity contribution in [2.45, 2.75) is 199 Å². The van der Waals surface area contributed by atoms with E-state index in [0.29, 0.717) is 57.5 Å². The summed E-state index contributed by atoms with van der Waals surface area (Å²) >= 11 is 0. The lowest BCUT2D eigenvalue weighted by Gasteiger charge is -2.42. The number of hydrogen-bond donors (Lipinski definition) is 7. The number of piperidine rings is 1. The Morgan fingerprint density at radius 3 is 2.12 bits per heavy atom. The second-order valence-corrected chi connectivity index (χ2v) is 15.0. The van der Waals surface area contributed by atoms with Crippen LogP contribution in [-0.4, -0.2) is 93.8 Å². The van der Waals surface area contributed by atoms with Gasteiger partial charge in [0.25, 0.3) is 0 Å². The van der Waals surface area contributed by atoms with Gasteiger partial charge in [-0.15, -0.1) is 0 Å². The fraction of sp³-hybridized carbons (Fsp3) is 0.921. The van der Waals surface area contributed by atoms with Gasteiger partial charge >= 0.3 is 0 Å². The number of carbonyl (C=O) groups is 3. The smallest absolute Gasteiger partial charge is 0.243 e. The van der Waals surface area contributed by atoms with Gasteiger partial charge in [-0.25, -0.2) is 0 Å². The minimum Gasteiger partial charge on any atom is -0.387 e. The van der Waals surface area contributed by atoms with Gasteiger partial charge in [-0.1, -0.05) is 112 Å². The molecule has 3 rings (SSSR count). The maximum atomic E-state index is 13.9. The molecule has 0 spiro atoms. The van der Waals surface area contributed by atoms with E-state index in [2.05, 4.69) is 42.0 Å². The van der Waals surface area contributed by atoms with Crippen molar-refractivity contribution in [1.29, 1.82) is 0 Å². The van der Waals surface area contributed by atoms with E-state index in [9.17, 15) is 29.7 Å². The molecule has 11 heteroatoms. The van der Waals surface area contributed by atoms with Crippen LogP contribution in [0.2, 0.25) is 0 Å².